The summed E-state index contributed by atoms with van der Waals surface area (Å²) >= 11 is 0. The maximum absolute atomic E-state index is 10.9. The van der Waals surface area contributed by atoms with Crippen LogP contribution in [0.4, 0.5) is 0 Å². The fraction of sp³-hybridized carbons (Fsp3) is 0.417. The number of aldehydes is 1. The smallest absolute Gasteiger partial charge is 0.156 e. The van der Waals surface area contributed by atoms with Gasteiger partial charge in [-0.2, -0.15) is 0 Å². The Bertz CT molecular complexity index is 386. The third-order valence-electron chi connectivity index (χ3n) is 2.98. The fourth-order valence-electron chi connectivity index (χ4n) is 2.13. The van der Waals surface area contributed by atoms with E-state index in [1.807, 2.05) is 6.07 Å². The SMILES string of the molecule is COc1ccc2c(c1)CCCC2(O)C=O. The van der Waals surface area contributed by atoms with Crippen molar-refractivity contribution >= 4 is 6.29 Å². The van der Waals surface area contributed by atoms with E-state index in [1.165, 1.54) is 0 Å². The maximum atomic E-state index is 10.9. The molecular formula is C12H14O3. The van der Waals surface area contributed by atoms with E-state index >= 15 is 0 Å². The molecule has 1 unspecified atom stereocenters. The van der Waals surface area contributed by atoms with Crippen LogP contribution >= 0.6 is 0 Å². The number of benzene rings is 1. The lowest BCUT2D eigenvalue weighted by molar-refractivity contribution is -0.126. The largest absolute Gasteiger partial charge is 0.497 e. The number of hydrogen-bond acceptors (Lipinski definition) is 3. The van der Waals surface area contributed by atoms with Gasteiger partial charge in [0.1, 0.15) is 11.4 Å². The number of carbonyl (C=O) groups is 1. The van der Waals surface area contributed by atoms with Gasteiger partial charge in [0.25, 0.3) is 0 Å². The Hall–Kier alpha value is -1.35. The molecular weight excluding hydrogens is 192 g/mol. The van der Waals surface area contributed by atoms with Crippen molar-refractivity contribution in [2.75, 3.05) is 7.11 Å². The van der Waals surface area contributed by atoms with Crippen LogP contribution in [0.1, 0.15) is 24.0 Å². The second-order valence-electron chi connectivity index (χ2n) is 3.92. The van der Waals surface area contributed by atoms with Crippen LogP contribution < -0.4 is 4.74 Å². The van der Waals surface area contributed by atoms with Gasteiger partial charge in [0.2, 0.25) is 0 Å². The molecule has 80 valence electrons. The summed E-state index contributed by atoms with van der Waals surface area (Å²) in [6.07, 6.45) is 2.87. The van der Waals surface area contributed by atoms with E-state index < -0.39 is 5.60 Å². The van der Waals surface area contributed by atoms with Crippen LogP contribution in [0.15, 0.2) is 18.2 Å². The van der Waals surface area contributed by atoms with E-state index in [4.69, 9.17) is 4.74 Å². The average Bonchev–Trinajstić information content (AvgIpc) is 2.29. The molecule has 3 heteroatoms. The van der Waals surface area contributed by atoms with Crippen LogP contribution in [0, 0.1) is 0 Å². The van der Waals surface area contributed by atoms with E-state index in [2.05, 4.69) is 0 Å². The standard InChI is InChI=1S/C12H14O3/c1-15-10-4-5-11-9(7-10)3-2-6-12(11,14)8-13/h4-5,7-8,14H,2-3,6H2,1H3. The van der Waals surface area contributed by atoms with E-state index in [-0.39, 0.29) is 0 Å². The lowest BCUT2D eigenvalue weighted by atomic mass is 9.80. The van der Waals surface area contributed by atoms with E-state index in [1.54, 1.807) is 19.2 Å². The summed E-state index contributed by atoms with van der Waals surface area (Å²) in [5, 5.41) is 10.1. The van der Waals surface area contributed by atoms with Gasteiger partial charge in [-0.1, -0.05) is 6.07 Å². The molecule has 1 atom stereocenters. The van der Waals surface area contributed by atoms with E-state index in [0.717, 1.165) is 29.7 Å². The van der Waals surface area contributed by atoms with Gasteiger partial charge in [-0.05, 0) is 42.5 Å². The molecule has 0 aromatic heterocycles. The number of rotatable bonds is 2. The summed E-state index contributed by atoms with van der Waals surface area (Å²) in [4.78, 5) is 10.9. The van der Waals surface area contributed by atoms with Crippen molar-refractivity contribution in [1.29, 1.82) is 0 Å². The summed E-state index contributed by atoms with van der Waals surface area (Å²) < 4.78 is 5.11. The van der Waals surface area contributed by atoms with Crippen LogP contribution in [-0.2, 0) is 16.8 Å². The summed E-state index contributed by atoms with van der Waals surface area (Å²) in [7, 11) is 1.61. The zero-order valence-electron chi connectivity index (χ0n) is 8.69. The molecule has 0 spiro atoms. The predicted octanol–water partition coefficient (Wildman–Crippen LogP) is 1.42. The van der Waals surface area contributed by atoms with Crippen LogP contribution in [0.25, 0.3) is 0 Å². The number of fused-ring (bicyclic) bond motifs is 1. The first-order valence-corrected chi connectivity index (χ1v) is 5.06. The zero-order valence-corrected chi connectivity index (χ0v) is 8.69. The average molecular weight is 206 g/mol. The van der Waals surface area contributed by atoms with Crippen molar-refractivity contribution in [1.82, 2.24) is 0 Å². The lowest BCUT2D eigenvalue weighted by Gasteiger charge is -2.29. The van der Waals surface area contributed by atoms with E-state index in [9.17, 15) is 9.90 Å². The van der Waals surface area contributed by atoms with Crippen LogP contribution in [0.2, 0.25) is 0 Å². The number of methoxy groups -OCH3 is 1. The molecule has 1 aromatic rings. The summed E-state index contributed by atoms with van der Waals surface area (Å²) in [6.45, 7) is 0. The highest BCUT2D eigenvalue weighted by molar-refractivity contribution is 5.68. The Kier molecular flexibility index (Phi) is 2.49. The van der Waals surface area contributed by atoms with Gasteiger partial charge in [-0.15, -0.1) is 0 Å². The molecule has 0 bridgehead atoms. The minimum Gasteiger partial charge on any atom is -0.497 e. The quantitative estimate of drug-likeness (QED) is 0.744. The van der Waals surface area contributed by atoms with Gasteiger partial charge in [0.15, 0.2) is 6.29 Å². The van der Waals surface area contributed by atoms with Crippen molar-refractivity contribution in [3.8, 4) is 5.75 Å². The summed E-state index contributed by atoms with van der Waals surface area (Å²) in [5.41, 5.74) is 0.444. The fourth-order valence-corrected chi connectivity index (χ4v) is 2.13. The third kappa shape index (κ3) is 1.63. The molecule has 1 aliphatic carbocycles. The molecule has 1 aliphatic rings. The number of hydrogen-bond donors (Lipinski definition) is 1. The molecule has 2 rings (SSSR count). The maximum Gasteiger partial charge on any atom is 0.156 e. The van der Waals surface area contributed by atoms with Gasteiger partial charge in [-0.25, -0.2) is 0 Å². The summed E-state index contributed by atoms with van der Waals surface area (Å²) in [6, 6.07) is 5.45. The molecule has 1 N–H and O–H groups in total. The van der Waals surface area contributed by atoms with Crippen molar-refractivity contribution in [2.45, 2.75) is 24.9 Å². The second kappa shape index (κ2) is 3.66. The van der Waals surface area contributed by atoms with Crippen LogP contribution in [-0.4, -0.2) is 18.5 Å². The Morgan fingerprint density at radius 3 is 3.00 bits per heavy atom. The minimum absolute atomic E-state index is 0.510. The van der Waals surface area contributed by atoms with Crippen molar-refractivity contribution in [3.05, 3.63) is 29.3 Å². The van der Waals surface area contributed by atoms with Gasteiger partial charge in [0, 0.05) is 0 Å². The summed E-state index contributed by atoms with van der Waals surface area (Å²) in [5.74, 6) is 0.767. The Morgan fingerprint density at radius 2 is 2.33 bits per heavy atom. The highest BCUT2D eigenvalue weighted by Crippen LogP contribution is 2.35. The van der Waals surface area contributed by atoms with Gasteiger partial charge < -0.3 is 9.84 Å². The Labute approximate surface area is 88.7 Å². The van der Waals surface area contributed by atoms with Gasteiger partial charge in [0.05, 0.1) is 7.11 Å². The van der Waals surface area contributed by atoms with Crippen LogP contribution in [0.5, 0.6) is 5.75 Å². The molecule has 15 heavy (non-hydrogen) atoms. The van der Waals surface area contributed by atoms with Gasteiger partial charge in [-0.3, -0.25) is 4.79 Å². The molecule has 0 heterocycles. The number of aliphatic hydroxyl groups is 1. The first-order valence-electron chi connectivity index (χ1n) is 5.06. The third-order valence-corrected chi connectivity index (χ3v) is 2.98. The Balaban J connectivity index is 2.49. The lowest BCUT2D eigenvalue weighted by Crippen LogP contribution is -2.32. The normalized spacial score (nSPS) is 24.4. The predicted molar refractivity (Wildman–Crippen MR) is 55.9 cm³/mol. The Morgan fingerprint density at radius 1 is 1.53 bits per heavy atom. The topological polar surface area (TPSA) is 46.5 Å². The zero-order chi connectivity index (χ0) is 10.9. The molecule has 1 aromatic carbocycles. The molecule has 3 nitrogen and oxygen atoms in total. The van der Waals surface area contributed by atoms with E-state index in [0.29, 0.717) is 12.7 Å². The molecule has 0 saturated heterocycles. The molecule has 0 amide bonds. The van der Waals surface area contributed by atoms with Crippen LogP contribution in [0.3, 0.4) is 0 Å². The number of ether oxygens (including phenoxy) is 1. The molecule has 0 fully saturated rings. The number of aryl methyl sites for hydroxylation is 1. The monoisotopic (exact) mass is 206 g/mol. The first kappa shape index (κ1) is 10.2. The minimum atomic E-state index is -1.29. The first-order chi connectivity index (χ1) is 7.19. The molecule has 0 saturated carbocycles. The van der Waals surface area contributed by atoms with Gasteiger partial charge >= 0.3 is 0 Å². The van der Waals surface area contributed by atoms with Crippen molar-refractivity contribution < 1.29 is 14.6 Å². The second-order valence-corrected chi connectivity index (χ2v) is 3.92. The molecule has 0 aliphatic heterocycles. The number of carbonyl (C=O) groups excluding carboxylic acids is 1. The van der Waals surface area contributed by atoms with Crippen molar-refractivity contribution in [3.63, 3.8) is 0 Å². The highest BCUT2D eigenvalue weighted by atomic mass is 16.5. The highest BCUT2D eigenvalue weighted by Gasteiger charge is 2.33. The van der Waals surface area contributed by atoms with Crippen molar-refractivity contribution in [2.24, 2.45) is 0 Å². The molecule has 0 radical (unpaired) electrons.